The first-order valence-corrected chi connectivity index (χ1v) is 7.60. The number of nitro groups is 1. The van der Waals surface area contributed by atoms with Gasteiger partial charge in [-0.25, -0.2) is 9.97 Å². The zero-order chi connectivity index (χ0) is 15.1. The summed E-state index contributed by atoms with van der Waals surface area (Å²) < 4.78 is 0. The first kappa shape index (κ1) is 13.4. The molecule has 7 nitrogen and oxygen atoms in total. The van der Waals surface area contributed by atoms with Crippen molar-refractivity contribution in [3.63, 3.8) is 0 Å². The lowest BCUT2D eigenvalue weighted by molar-refractivity contribution is -0.384. The summed E-state index contributed by atoms with van der Waals surface area (Å²) in [7, 11) is 0. The van der Waals surface area contributed by atoms with E-state index in [0.717, 1.165) is 36.4 Å². The Morgan fingerprint density at radius 1 is 1.23 bits per heavy atom. The smallest absolute Gasteiger partial charge is 0.270 e. The van der Waals surface area contributed by atoms with Crippen molar-refractivity contribution in [1.29, 1.82) is 0 Å². The summed E-state index contributed by atoms with van der Waals surface area (Å²) in [5, 5.41) is 11.8. The third kappa shape index (κ3) is 2.18. The number of non-ortho nitro benzene ring substituents is 1. The number of aromatic nitrogens is 2. The topological polar surface area (TPSA) is 75.4 Å². The molecular weight excluding hydrogens is 282 g/mol. The number of nitrogens with zero attached hydrogens (tertiary/aromatic N) is 5. The molecule has 2 aliphatic heterocycles. The maximum absolute atomic E-state index is 11.0. The molecule has 4 rings (SSSR count). The van der Waals surface area contributed by atoms with Crippen LogP contribution in [0.3, 0.4) is 0 Å². The van der Waals surface area contributed by atoms with Crippen LogP contribution in [-0.4, -0.2) is 52.0 Å². The molecule has 0 saturated carbocycles. The van der Waals surface area contributed by atoms with Crippen LogP contribution in [0.2, 0.25) is 0 Å². The van der Waals surface area contributed by atoms with Gasteiger partial charge in [0.15, 0.2) is 0 Å². The predicted molar refractivity (Wildman–Crippen MR) is 83.0 cm³/mol. The third-order valence-corrected chi connectivity index (χ3v) is 4.70. The van der Waals surface area contributed by atoms with Crippen LogP contribution in [0.1, 0.15) is 12.8 Å². The molecule has 0 bridgehead atoms. The van der Waals surface area contributed by atoms with Crippen molar-refractivity contribution in [2.45, 2.75) is 18.9 Å². The van der Waals surface area contributed by atoms with Crippen molar-refractivity contribution < 1.29 is 4.92 Å². The molecule has 3 heterocycles. The van der Waals surface area contributed by atoms with Crippen LogP contribution in [0.25, 0.3) is 10.9 Å². The van der Waals surface area contributed by atoms with E-state index in [4.69, 9.17) is 0 Å². The highest BCUT2D eigenvalue weighted by atomic mass is 16.6. The molecule has 0 unspecified atom stereocenters. The highest BCUT2D eigenvalue weighted by Crippen LogP contribution is 2.30. The maximum Gasteiger partial charge on any atom is 0.270 e. The zero-order valence-corrected chi connectivity index (χ0v) is 12.2. The lowest BCUT2D eigenvalue weighted by atomic mass is 10.1. The standard InChI is InChI=1S/C15H17N5O2/c21-20(22)11-3-4-14-13(8-11)15(17-10-16-14)19-7-6-18-5-1-2-12(18)9-19/h3-4,8,10,12H,1-2,5-7,9H2/t12-/m0/s1. The van der Waals surface area contributed by atoms with Crippen molar-refractivity contribution in [2.75, 3.05) is 31.1 Å². The molecule has 2 saturated heterocycles. The Morgan fingerprint density at radius 3 is 3.00 bits per heavy atom. The van der Waals surface area contributed by atoms with Gasteiger partial charge in [0.2, 0.25) is 0 Å². The van der Waals surface area contributed by atoms with Gasteiger partial charge >= 0.3 is 0 Å². The number of nitro benzene ring substituents is 1. The predicted octanol–water partition coefficient (Wildman–Crippen LogP) is 1.82. The lowest BCUT2D eigenvalue weighted by Crippen LogP contribution is -2.50. The van der Waals surface area contributed by atoms with Gasteiger partial charge in [-0.3, -0.25) is 15.0 Å². The summed E-state index contributed by atoms with van der Waals surface area (Å²) in [5.41, 5.74) is 0.840. The first-order chi connectivity index (χ1) is 10.7. The van der Waals surface area contributed by atoms with E-state index < -0.39 is 0 Å². The molecule has 2 aromatic rings. The van der Waals surface area contributed by atoms with Crippen LogP contribution in [-0.2, 0) is 0 Å². The molecule has 0 spiro atoms. The number of rotatable bonds is 2. The summed E-state index contributed by atoms with van der Waals surface area (Å²) in [6.07, 6.45) is 4.03. The van der Waals surface area contributed by atoms with Crippen LogP contribution in [0.5, 0.6) is 0 Å². The van der Waals surface area contributed by atoms with Gasteiger partial charge in [0.1, 0.15) is 12.1 Å². The van der Waals surface area contributed by atoms with E-state index in [9.17, 15) is 10.1 Å². The second kappa shape index (κ2) is 5.17. The van der Waals surface area contributed by atoms with Crippen molar-refractivity contribution >= 4 is 22.4 Å². The lowest BCUT2D eigenvalue weighted by Gasteiger charge is -2.38. The van der Waals surface area contributed by atoms with Crippen LogP contribution >= 0.6 is 0 Å². The molecular formula is C15H17N5O2. The van der Waals surface area contributed by atoms with Crippen molar-refractivity contribution in [3.8, 4) is 0 Å². The fourth-order valence-electron chi connectivity index (χ4n) is 3.58. The van der Waals surface area contributed by atoms with Crippen molar-refractivity contribution in [2.24, 2.45) is 0 Å². The number of fused-ring (bicyclic) bond motifs is 2. The molecule has 0 amide bonds. The Morgan fingerprint density at radius 2 is 2.14 bits per heavy atom. The Bertz CT molecular complexity index is 735. The van der Waals surface area contributed by atoms with E-state index in [1.807, 2.05) is 0 Å². The van der Waals surface area contributed by atoms with Crippen LogP contribution in [0, 0.1) is 10.1 Å². The van der Waals surface area contributed by atoms with Crippen molar-refractivity contribution in [3.05, 3.63) is 34.6 Å². The normalized spacial score (nSPS) is 22.0. The summed E-state index contributed by atoms with van der Waals surface area (Å²) in [4.78, 5) is 24.1. The Kier molecular flexibility index (Phi) is 3.15. The summed E-state index contributed by atoms with van der Waals surface area (Å²) in [6.45, 7) is 4.07. The molecule has 0 radical (unpaired) electrons. The van der Waals surface area contributed by atoms with Gasteiger partial charge in [-0.15, -0.1) is 0 Å². The molecule has 22 heavy (non-hydrogen) atoms. The second-order valence-corrected chi connectivity index (χ2v) is 5.93. The molecule has 7 heteroatoms. The molecule has 0 aliphatic carbocycles. The second-order valence-electron chi connectivity index (χ2n) is 5.93. The minimum absolute atomic E-state index is 0.0862. The highest BCUT2D eigenvalue weighted by molar-refractivity contribution is 5.91. The van der Waals surface area contributed by atoms with Crippen LogP contribution in [0.4, 0.5) is 11.5 Å². The number of hydrogen-bond acceptors (Lipinski definition) is 6. The summed E-state index contributed by atoms with van der Waals surface area (Å²) in [5.74, 6) is 0.820. The van der Waals surface area contributed by atoms with E-state index in [1.54, 1.807) is 18.5 Å². The highest BCUT2D eigenvalue weighted by Gasteiger charge is 2.31. The fourth-order valence-corrected chi connectivity index (χ4v) is 3.58. The number of hydrogen-bond donors (Lipinski definition) is 0. The number of benzene rings is 1. The molecule has 0 N–H and O–H groups in total. The van der Waals surface area contributed by atoms with E-state index in [2.05, 4.69) is 19.8 Å². The average Bonchev–Trinajstić information content (AvgIpc) is 3.01. The van der Waals surface area contributed by atoms with Gasteiger partial charge < -0.3 is 4.90 Å². The van der Waals surface area contributed by atoms with E-state index in [0.29, 0.717) is 6.04 Å². The monoisotopic (exact) mass is 299 g/mol. The largest absolute Gasteiger partial charge is 0.353 e. The van der Waals surface area contributed by atoms with E-state index in [-0.39, 0.29) is 10.6 Å². The Balaban J connectivity index is 1.74. The quantitative estimate of drug-likeness (QED) is 0.622. The Hall–Kier alpha value is -2.28. The number of piperazine rings is 1. The van der Waals surface area contributed by atoms with Gasteiger partial charge in [0, 0.05) is 43.2 Å². The zero-order valence-electron chi connectivity index (χ0n) is 12.2. The van der Waals surface area contributed by atoms with E-state index >= 15 is 0 Å². The van der Waals surface area contributed by atoms with Crippen molar-refractivity contribution in [1.82, 2.24) is 14.9 Å². The van der Waals surface area contributed by atoms with Gasteiger partial charge in [-0.1, -0.05) is 0 Å². The molecule has 1 aromatic heterocycles. The average molecular weight is 299 g/mol. The molecule has 2 aliphatic rings. The minimum atomic E-state index is -0.370. The van der Waals surface area contributed by atoms with Gasteiger partial charge in [0.25, 0.3) is 5.69 Å². The summed E-state index contributed by atoms with van der Waals surface area (Å²) in [6, 6.07) is 5.36. The van der Waals surface area contributed by atoms with Gasteiger partial charge in [0.05, 0.1) is 10.4 Å². The van der Waals surface area contributed by atoms with Crippen LogP contribution in [0.15, 0.2) is 24.5 Å². The molecule has 2 fully saturated rings. The van der Waals surface area contributed by atoms with Gasteiger partial charge in [-0.2, -0.15) is 0 Å². The molecule has 1 atom stereocenters. The Labute approximate surface area is 127 Å². The number of anilines is 1. The first-order valence-electron chi connectivity index (χ1n) is 7.60. The van der Waals surface area contributed by atoms with Gasteiger partial charge in [-0.05, 0) is 25.5 Å². The fraction of sp³-hybridized carbons (Fsp3) is 0.467. The SMILES string of the molecule is O=[N+]([O-])c1ccc2ncnc(N3CCN4CCC[C@H]4C3)c2c1. The van der Waals surface area contributed by atoms with E-state index in [1.165, 1.54) is 25.5 Å². The maximum atomic E-state index is 11.0. The minimum Gasteiger partial charge on any atom is -0.353 e. The molecule has 114 valence electrons. The van der Waals surface area contributed by atoms with Crippen LogP contribution < -0.4 is 4.90 Å². The molecule has 1 aromatic carbocycles. The third-order valence-electron chi connectivity index (χ3n) is 4.70. The summed E-state index contributed by atoms with van der Waals surface area (Å²) >= 11 is 0.